The van der Waals surface area contributed by atoms with Gasteiger partial charge in [-0.05, 0) is 38.1 Å². The van der Waals surface area contributed by atoms with E-state index in [4.69, 9.17) is 20.9 Å². The number of rotatable bonds is 7. The zero-order valence-corrected chi connectivity index (χ0v) is 14.5. The van der Waals surface area contributed by atoms with E-state index in [9.17, 15) is 0 Å². The summed E-state index contributed by atoms with van der Waals surface area (Å²) in [5.41, 5.74) is 1.11. The summed E-state index contributed by atoms with van der Waals surface area (Å²) in [6.45, 7) is 2.08. The molecule has 22 heavy (non-hydrogen) atoms. The van der Waals surface area contributed by atoms with Crippen LogP contribution in [-0.4, -0.2) is 30.3 Å². The standard InChI is InChI=1S/C15H20ClN3O2.ClH/c1-10(17-2)8-14-18-15(21-19-14)7-5-11-4-6-13(20-3)12(16)9-11;/h4,6,9-10,17H,5,7-8H2,1-3H3;1H. The normalized spacial score (nSPS) is 11.8. The van der Waals surface area contributed by atoms with Crippen molar-refractivity contribution in [3.05, 3.63) is 40.5 Å². The van der Waals surface area contributed by atoms with Gasteiger partial charge in [-0.3, -0.25) is 0 Å². The van der Waals surface area contributed by atoms with E-state index in [0.29, 0.717) is 29.1 Å². The van der Waals surface area contributed by atoms with Gasteiger partial charge in [0, 0.05) is 18.9 Å². The minimum atomic E-state index is 0. The lowest BCUT2D eigenvalue weighted by Gasteiger charge is -2.05. The first-order valence-corrected chi connectivity index (χ1v) is 7.31. The van der Waals surface area contributed by atoms with Crippen LogP contribution in [0.2, 0.25) is 5.02 Å². The van der Waals surface area contributed by atoms with Crippen LogP contribution in [0.3, 0.4) is 0 Å². The Kier molecular flexibility index (Phi) is 7.65. The van der Waals surface area contributed by atoms with Crippen molar-refractivity contribution in [3.63, 3.8) is 0 Å². The molecule has 0 aliphatic heterocycles. The maximum absolute atomic E-state index is 6.11. The van der Waals surface area contributed by atoms with E-state index in [1.165, 1.54) is 0 Å². The third-order valence-corrected chi connectivity index (χ3v) is 3.63. The fourth-order valence-electron chi connectivity index (χ4n) is 1.97. The summed E-state index contributed by atoms with van der Waals surface area (Å²) in [7, 11) is 3.52. The number of halogens is 2. The zero-order chi connectivity index (χ0) is 15.2. The molecule has 2 rings (SSSR count). The third-order valence-electron chi connectivity index (χ3n) is 3.34. The monoisotopic (exact) mass is 345 g/mol. The Hall–Kier alpha value is -1.30. The van der Waals surface area contributed by atoms with Crippen LogP contribution >= 0.6 is 24.0 Å². The van der Waals surface area contributed by atoms with Crippen LogP contribution in [0.1, 0.15) is 24.2 Å². The van der Waals surface area contributed by atoms with E-state index in [1.54, 1.807) is 7.11 Å². The molecule has 0 saturated carbocycles. The summed E-state index contributed by atoms with van der Waals surface area (Å²) in [4.78, 5) is 4.39. The summed E-state index contributed by atoms with van der Waals surface area (Å²) < 4.78 is 10.4. The molecule has 7 heteroatoms. The second-order valence-corrected chi connectivity index (χ2v) is 5.37. The molecular formula is C15H21Cl2N3O2. The SMILES string of the molecule is CNC(C)Cc1noc(CCc2ccc(OC)c(Cl)c2)n1.Cl. The lowest BCUT2D eigenvalue weighted by molar-refractivity contribution is 0.371. The van der Waals surface area contributed by atoms with Crippen molar-refractivity contribution < 1.29 is 9.26 Å². The molecule has 0 aliphatic rings. The molecule has 2 aromatic rings. The van der Waals surface area contributed by atoms with E-state index >= 15 is 0 Å². The number of methoxy groups -OCH3 is 1. The first kappa shape index (κ1) is 18.7. The first-order valence-electron chi connectivity index (χ1n) is 6.93. The average molecular weight is 346 g/mol. The third kappa shape index (κ3) is 5.16. The largest absolute Gasteiger partial charge is 0.495 e. The van der Waals surface area contributed by atoms with E-state index in [0.717, 1.165) is 24.2 Å². The van der Waals surface area contributed by atoms with Crippen LogP contribution in [0.15, 0.2) is 22.7 Å². The summed E-state index contributed by atoms with van der Waals surface area (Å²) in [6.07, 6.45) is 2.25. The Morgan fingerprint density at radius 3 is 2.77 bits per heavy atom. The molecule has 0 aliphatic carbocycles. The molecule has 1 aromatic heterocycles. The van der Waals surface area contributed by atoms with E-state index in [2.05, 4.69) is 22.4 Å². The maximum atomic E-state index is 6.11. The molecule has 1 atom stereocenters. The minimum absolute atomic E-state index is 0. The molecule has 1 aromatic carbocycles. The molecule has 1 N–H and O–H groups in total. The van der Waals surface area contributed by atoms with Gasteiger partial charge < -0.3 is 14.6 Å². The van der Waals surface area contributed by atoms with Crippen LogP contribution in [0.25, 0.3) is 0 Å². The molecule has 1 unspecified atom stereocenters. The molecular weight excluding hydrogens is 325 g/mol. The van der Waals surface area contributed by atoms with Gasteiger partial charge in [-0.1, -0.05) is 22.8 Å². The van der Waals surface area contributed by atoms with E-state index in [-0.39, 0.29) is 12.4 Å². The topological polar surface area (TPSA) is 60.2 Å². The molecule has 0 bridgehead atoms. The molecule has 0 radical (unpaired) electrons. The quantitative estimate of drug-likeness (QED) is 0.835. The number of hydrogen-bond donors (Lipinski definition) is 1. The summed E-state index contributed by atoms with van der Waals surface area (Å²) in [5.74, 6) is 2.07. The molecule has 0 amide bonds. The molecule has 0 spiro atoms. The first-order chi connectivity index (χ1) is 10.1. The average Bonchev–Trinajstić information content (AvgIpc) is 2.92. The highest BCUT2D eigenvalue weighted by atomic mass is 35.5. The highest BCUT2D eigenvalue weighted by Crippen LogP contribution is 2.25. The summed E-state index contributed by atoms with van der Waals surface area (Å²) in [6, 6.07) is 6.09. The number of likely N-dealkylation sites (N-methyl/N-ethyl adjacent to an activating group) is 1. The van der Waals surface area contributed by atoms with Crippen molar-refractivity contribution in [2.75, 3.05) is 14.2 Å². The van der Waals surface area contributed by atoms with Crippen LogP contribution in [0.4, 0.5) is 0 Å². The Balaban J connectivity index is 0.00000242. The fraction of sp³-hybridized carbons (Fsp3) is 0.467. The van der Waals surface area contributed by atoms with Crippen LogP contribution in [-0.2, 0) is 19.3 Å². The van der Waals surface area contributed by atoms with Gasteiger partial charge in [-0.15, -0.1) is 12.4 Å². The molecule has 122 valence electrons. The second kappa shape index (κ2) is 8.98. The van der Waals surface area contributed by atoms with E-state index < -0.39 is 0 Å². The van der Waals surface area contributed by atoms with Gasteiger partial charge in [0.05, 0.1) is 12.1 Å². The molecule has 5 nitrogen and oxygen atoms in total. The molecule has 0 saturated heterocycles. The van der Waals surface area contributed by atoms with Crippen LogP contribution < -0.4 is 10.1 Å². The number of aryl methyl sites for hydroxylation is 2. The van der Waals surface area contributed by atoms with Crippen molar-refractivity contribution in [1.29, 1.82) is 0 Å². The highest BCUT2D eigenvalue weighted by Gasteiger charge is 2.10. The Morgan fingerprint density at radius 1 is 1.36 bits per heavy atom. The van der Waals surface area contributed by atoms with Gasteiger partial charge >= 0.3 is 0 Å². The van der Waals surface area contributed by atoms with Crippen molar-refractivity contribution in [3.8, 4) is 5.75 Å². The fourth-order valence-corrected chi connectivity index (χ4v) is 2.25. The second-order valence-electron chi connectivity index (χ2n) is 4.97. The summed E-state index contributed by atoms with van der Waals surface area (Å²) >= 11 is 6.11. The van der Waals surface area contributed by atoms with Gasteiger partial charge in [-0.25, -0.2) is 0 Å². The van der Waals surface area contributed by atoms with Crippen LogP contribution in [0.5, 0.6) is 5.75 Å². The highest BCUT2D eigenvalue weighted by molar-refractivity contribution is 6.32. The predicted octanol–water partition coefficient (Wildman–Crippen LogP) is 3.09. The smallest absolute Gasteiger partial charge is 0.226 e. The van der Waals surface area contributed by atoms with E-state index in [1.807, 2.05) is 25.2 Å². The van der Waals surface area contributed by atoms with Gasteiger partial charge in [0.1, 0.15) is 5.75 Å². The zero-order valence-electron chi connectivity index (χ0n) is 12.9. The maximum Gasteiger partial charge on any atom is 0.226 e. The van der Waals surface area contributed by atoms with Gasteiger partial charge in [0.25, 0.3) is 0 Å². The van der Waals surface area contributed by atoms with Crippen molar-refractivity contribution in [2.24, 2.45) is 0 Å². The summed E-state index contributed by atoms with van der Waals surface area (Å²) in [5, 5.41) is 7.75. The Morgan fingerprint density at radius 2 is 2.14 bits per heavy atom. The molecule has 0 fully saturated rings. The van der Waals surface area contributed by atoms with Gasteiger partial charge in [-0.2, -0.15) is 4.98 Å². The Labute approximate surface area is 141 Å². The minimum Gasteiger partial charge on any atom is -0.495 e. The molecule has 1 heterocycles. The number of ether oxygens (including phenoxy) is 1. The number of hydrogen-bond acceptors (Lipinski definition) is 5. The van der Waals surface area contributed by atoms with Gasteiger partial charge in [0.2, 0.25) is 5.89 Å². The van der Waals surface area contributed by atoms with Gasteiger partial charge in [0.15, 0.2) is 5.82 Å². The number of nitrogens with zero attached hydrogens (tertiary/aromatic N) is 2. The predicted molar refractivity (Wildman–Crippen MR) is 89.2 cm³/mol. The Bertz CT molecular complexity index is 590. The van der Waals surface area contributed by atoms with Crippen molar-refractivity contribution in [2.45, 2.75) is 32.2 Å². The number of aromatic nitrogens is 2. The number of benzene rings is 1. The van der Waals surface area contributed by atoms with Crippen molar-refractivity contribution >= 4 is 24.0 Å². The van der Waals surface area contributed by atoms with Crippen molar-refractivity contribution in [1.82, 2.24) is 15.5 Å². The lowest BCUT2D eigenvalue weighted by Crippen LogP contribution is -2.24. The number of nitrogens with one attached hydrogen (secondary N) is 1. The van der Waals surface area contributed by atoms with Crippen LogP contribution in [0, 0.1) is 0 Å². The lowest BCUT2D eigenvalue weighted by atomic mass is 10.1.